The van der Waals surface area contributed by atoms with Crippen LogP contribution in [0.3, 0.4) is 0 Å². The number of hydrogen-bond donors (Lipinski definition) is 1. The Balaban J connectivity index is 1.72. The van der Waals surface area contributed by atoms with Crippen LogP contribution in [0, 0.1) is 0 Å². The van der Waals surface area contributed by atoms with Crippen LogP contribution >= 0.6 is 0 Å². The third-order valence-electron chi connectivity index (χ3n) is 5.26. The second-order valence-electron chi connectivity index (χ2n) is 7.47. The zero-order valence-electron chi connectivity index (χ0n) is 18.3. The second-order valence-corrected chi connectivity index (χ2v) is 9.36. The summed E-state index contributed by atoms with van der Waals surface area (Å²) in [6.07, 6.45) is 1.58. The summed E-state index contributed by atoms with van der Waals surface area (Å²) in [5, 5.41) is 4.47. The number of fused-ring (bicyclic) bond motifs is 2. The summed E-state index contributed by atoms with van der Waals surface area (Å²) in [5.74, 6) is 0.690. The van der Waals surface area contributed by atoms with Gasteiger partial charge in [0.15, 0.2) is 5.65 Å². The van der Waals surface area contributed by atoms with Crippen molar-refractivity contribution in [3.8, 4) is 5.75 Å². The third kappa shape index (κ3) is 3.75. The molecule has 0 saturated heterocycles. The van der Waals surface area contributed by atoms with E-state index in [1.165, 1.54) is 16.8 Å². The molecule has 5 aromatic rings. The van der Waals surface area contributed by atoms with E-state index >= 15 is 0 Å². The Morgan fingerprint density at radius 2 is 1.59 bits per heavy atom. The van der Waals surface area contributed by atoms with Crippen molar-refractivity contribution in [2.24, 2.45) is 5.10 Å². The maximum Gasteiger partial charge on any atom is 0.212 e. The largest absolute Gasteiger partial charge is 0.494 e. The highest BCUT2D eigenvalue weighted by atomic mass is 32.2. The molecule has 2 heterocycles. The van der Waals surface area contributed by atoms with Gasteiger partial charge in [0, 0.05) is 0 Å². The first kappa shape index (κ1) is 21.6. The van der Waals surface area contributed by atoms with Crippen LogP contribution in [0.4, 0.5) is 5.82 Å². The minimum Gasteiger partial charge on any atom is -0.494 e. The molecule has 0 fully saturated rings. The number of sulfone groups is 1. The van der Waals surface area contributed by atoms with E-state index in [1.54, 1.807) is 36.5 Å². The molecule has 34 heavy (non-hydrogen) atoms. The first-order valence-corrected chi connectivity index (χ1v) is 12.1. The van der Waals surface area contributed by atoms with Gasteiger partial charge in [-0.05, 0) is 61.0 Å². The molecular weight excluding hydrogens is 450 g/mol. The maximum absolute atomic E-state index is 13.6. The van der Waals surface area contributed by atoms with E-state index in [-0.39, 0.29) is 26.8 Å². The molecule has 0 atom stereocenters. The molecule has 2 N–H and O–H groups in total. The molecule has 170 valence electrons. The predicted molar refractivity (Wildman–Crippen MR) is 132 cm³/mol. The normalized spacial score (nSPS) is 12.0. The summed E-state index contributed by atoms with van der Waals surface area (Å²) in [6.45, 7) is 2.49. The standard InChI is InChI=1S/C25H21N5O3S/c1-2-33-18-14-12-17(13-15-18)16-27-30-24(26)23(34(31,32)19-8-4-3-5-9-19)22-25(30)29-21-11-7-6-10-20(21)28-22/h3-16H,2,26H2,1H3/b27-16-. The van der Waals surface area contributed by atoms with Crippen LogP contribution in [-0.2, 0) is 9.84 Å². The fourth-order valence-electron chi connectivity index (χ4n) is 3.66. The van der Waals surface area contributed by atoms with Crippen molar-refractivity contribution in [3.63, 3.8) is 0 Å². The number of nitrogens with zero attached hydrogens (tertiary/aromatic N) is 4. The Hall–Kier alpha value is -4.24. The van der Waals surface area contributed by atoms with Crippen LogP contribution in [0.25, 0.3) is 22.2 Å². The molecule has 0 aliphatic carbocycles. The first-order valence-electron chi connectivity index (χ1n) is 10.6. The van der Waals surface area contributed by atoms with Crippen LogP contribution in [0.5, 0.6) is 5.75 Å². The quantitative estimate of drug-likeness (QED) is 0.370. The molecule has 0 radical (unpaired) electrons. The highest BCUT2D eigenvalue weighted by Gasteiger charge is 2.30. The lowest BCUT2D eigenvalue weighted by atomic mass is 10.2. The van der Waals surface area contributed by atoms with Crippen LogP contribution in [0.2, 0.25) is 0 Å². The minimum absolute atomic E-state index is 0.0589. The smallest absolute Gasteiger partial charge is 0.212 e. The van der Waals surface area contributed by atoms with Crippen molar-refractivity contribution < 1.29 is 13.2 Å². The third-order valence-corrected chi connectivity index (χ3v) is 7.10. The summed E-state index contributed by atoms with van der Waals surface area (Å²) in [5.41, 5.74) is 8.78. The van der Waals surface area contributed by atoms with Gasteiger partial charge in [-0.2, -0.15) is 9.78 Å². The lowest BCUT2D eigenvalue weighted by Crippen LogP contribution is -2.06. The summed E-state index contributed by atoms with van der Waals surface area (Å²) in [4.78, 5) is 9.25. The summed E-state index contributed by atoms with van der Waals surface area (Å²) in [6, 6.07) is 22.7. The Kier molecular flexibility index (Phi) is 5.46. The molecular formula is C25H21N5O3S. The zero-order valence-corrected chi connectivity index (χ0v) is 19.1. The fourth-order valence-corrected chi connectivity index (χ4v) is 5.17. The van der Waals surface area contributed by atoms with E-state index in [1.807, 2.05) is 43.3 Å². The van der Waals surface area contributed by atoms with Gasteiger partial charge in [0.25, 0.3) is 0 Å². The average molecular weight is 472 g/mol. The van der Waals surface area contributed by atoms with Crippen molar-refractivity contribution in [2.75, 3.05) is 12.3 Å². The van der Waals surface area contributed by atoms with Crippen LogP contribution in [0.15, 0.2) is 93.8 Å². The number of rotatable bonds is 6. The van der Waals surface area contributed by atoms with Gasteiger partial charge in [0.05, 0.1) is 28.8 Å². The number of hydrogen-bond acceptors (Lipinski definition) is 7. The zero-order chi connectivity index (χ0) is 23.7. The number of nitrogens with two attached hydrogens (primary N) is 1. The lowest BCUT2D eigenvalue weighted by molar-refractivity contribution is 0.340. The number of anilines is 1. The predicted octanol–water partition coefficient (Wildman–Crippen LogP) is 4.28. The first-order chi connectivity index (χ1) is 16.5. The van der Waals surface area contributed by atoms with E-state index in [9.17, 15) is 8.42 Å². The molecule has 0 bridgehead atoms. The summed E-state index contributed by atoms with van der Waals surface area (Å²) in [7, 11) is -3.98. The molecule has 0 spiro atoms. The molecule has 5 rings (SSSR count). The molecule has 2 aromatic heterocycles. The SMILES string of the molecule is CCOc1ccc(/C=N\n2c(N)c(S(=O)(=O)c3ccccc3)c3nc4ccccc4nc32)cc1. The topological polar surface area (TPSA) is 112 Å². The summed E-state index contributed by atoms with van der Waals surface area (Å²) >= 11 is 0. The van der Waals surface area contributed by atoms with E-state index in [0.717, 1.165) is 11.3 Å². The van der Waals surface area contributed by atoms with Crippen LogP contribution in [0.1, 0.15) is 12.5 Å². The Morgan fingerprint density at radius 3 is 2.26 bits per heavy atom. The molecule has 0 saturated carbocycles. The molecule has 0 aliphatic rings. The van der Waals surface area contributed by atoms with Crippen LogP contribution in [-0.4, -0.2) is 35.9 Å². The molecule has 0 aliphatic heterocycles. The molecule has 9 heteroatoms. The highest BCUT2D eigenvalue weighted by molar-refractivity contribution is 7.92. The number of ether oxygens (including phenoxy) is 1. The van der Waals surface area contributed by atoms with Gasteiger partial charge in [-0.3, -0.25) is 0 Å². The van der Waals surface area contributed by atoms with Crippen molar-refractivity contribution in [2.45, 2.75) is 16.7 Å². The van der Waals surface area contributed by atoms with Gasteiger partial charge in [0.1, 0.15) is 22.0 Å². The molecule has 0 amide bonds. The minimum atomic E-state index is -3.98. The number of benzene rings is 3. The maximum atomic E-state index is 13.6. The van der Waals surface area contributed by atoms with Crippen molar-refractivity contribution in [3.05, 3.63) is 84.4 Å². The Bertz CT molecular complexity index is 1630. The van der Waals surface area contributed by atoms with Gasteiger partial charge < -0.3 is 10.5 Å². The lowest BCUT2D eigenvalue weighted by Gasteiger charge is -2.05. The Morgan fingerprint density at radius 1 is 0.941 bits per heavy atom. The van der Waals surface area contributed by atoms with Gasteiger partial charge in [-0.25, -0.2) is 18.4 Å². The highest BCUT2D eigenvalue weighted by Crippen LogP contribution is 2.35. The average Bonchev–Trinajstić information content (AvgIpc) is 3.13. The molecule has 0 unspecified atom stereocenters. The van der Waals surface area contributed by atoms with Crippen molar-refractivity contribution in [1.29, 1.82) is 0 Å². The van der Waals surface area contributed by atoms with Gasteiger partial charge >= 0.3 is 0 Å². The Labute approximate surface area is 196 Å². The molecule has 8 nitrogen and oxygen atoms in total. The second kappa shape index (κ2) is 8.60. The van der Waals surface area contributed by atoms with Crippen molar-refractivity contribution >= 4 is 44.1 Å². The number of nitrogen functional groups attached to an aromatic ring is 1. The number of aromatic nitrogens is 3. The van der Waals surface area contributed by atoms with E-state index < -0.39 is 9.84 Å². The van der Waals surface area contributed by atoms with Gasteiger partial charge in [-0.1, -0.05) is 30.3 Å². The van der Waals surface area contributed by atoms with Gasteiger partial charge in [-0.15, -0.1) is 0 Å². The van der Waals surface area contributed by atoms with E-state index in [4.69, 9.17) is 10.5 Å². The molecule has 3 aromatic carbocycles. The van der Waals surface area contributed by atoms with Crippen LogP contribution < -0.4 is 10.5 Å². The van der Waals surface area contributed by atoms with E-state index in [0.29, 0.717) is 17.6 Å². The van der Waals surface area contributed by atoms with Gasteiger partial charge in [0.2, 0.25) is 9.84 Å². The van der Waals surface area contributed by atoms with E-state index in [2.05, 4.69) is 15.1 Å². The monoisotopic (exact) mass is 471 g/mol. The summed E-state index contributed by atoms with van der Waals surface area (Å²) < 4.78 is 33.9. The van der Waals surface area contributed by atoms with Crippen molar-refractivity contribution in [1.82, 2.24) is 14.6 Å². The number of para-hydroxylation sites is 2. The fraction of sp³-hybridized carbons (Fsp3) is 0.0800.